The Kier molecular flexibility index (Phi) is 4.23. The zero-order valence-corrected chi connectivity index (χ0v) is 12.3. The van der Waals surface area contributed by atoms with Gasteiger partial charge in [-0.2, -0.15) is 0 Å². The summed E-state index contributed by atoms with van der Waals surface area (Å²) in [5.41, 5.74) is 3.06. The first-order chi connectivity index (χ1) is 9.60. The largest absolute Gasteiger partial charge is 0.469 e. The normalized spacial score (nSPS) is 19.4. The van der Waals surface area contributed by atoms with Gasteiger partial charge >= 0.3 is 5.97 Å². The van der Waals surface area contributed by atoms with Crippen LogP contribution in [0.25, 0.3) is 0 Å². The monoisotopic (exact) mass is 273 g/mol. The number of carbonyl (C=O) groups is 1. The van der Waals surface area contributed by atoms with Crippen LogP contribution in [0.1, 0.15) is 30.9 Å². The van der Waals surface area contributed by atoms with E-state index < -0.39 is 0 Å². The molecule has 0 bridgehead atoms. The number of methoxy groups -OCH3 is 1. The van der Waals surface area contributed by atoms with Crippen LogP contribution < -0.4 is 4.74 Å². The lowest BCUT2D eigenvalue weighted by atomic mass is 9.94. The minimum Gasteiger partial charge on any atom is -0.469 e. The van der Waals surface area contributed by atoms with E-state index in [0.717, 1.165) is 28.9 Å². The number of fused-ring (bicyclic) bond motifs is 1. The standard InChI is InChI=1S/C16H19NO3/c1-5-11-8-13-9-12(10(2)16(18)19-4)6-7-14(13)20-15(11)17-3/h5-7,9-10H,8H2,1-4H3/b11-5-,17-15+. The molecule has 106 valence electrons. The number of allylic oxidation sites excluding steroid dienone is 1. The summed E-state index contributed by atoms with van der Waals surface area (Å²) in [6.07, 6.45) is 2.77. The van der Waals surface area contributed by atoms with Crippen molar-refractivity contribution in [3.05, 3.63) is 41.0 Å². The van der Waals surface area contributed by atoms with Gasteiger partial charge in [0.05, 0.1) is 13.0 Å². The number of hydrogen-bond donors (Lipinski definition) is 0. The van der Waals surface area contributed by atoms with Crippen molar-refractivity contribution in [2.24, 2.45) is 4.99 Å². The molecule has 1 atom stereocenters. The van der Waals surface area contributed by atoms with Gasteiger partial charge in [-0.15, -0.1) is 0 Å². The van der Waals surface area contributed by atoms with Crippen LogP contribution in [0.5, 0.6) is 5.75 Å². The first-order valence-electron chi connectivity index (χ1n) is 6.61. The topological polar surface area (TPSA) is 47.9 Å². The molecule has 4 heteroatoms. The molecule has 0 N–H and O–H groups in total. The van der Waals surface area contributed by atoms with Gasteiger partial charge in [0.15, 0.2) is 0 Å². The number of nitrogens with zero attached hydrogens (tertiary/aromatic N) is 1. The average Bonchev–Trinajstić information content (AvgIpc) is 2.51. The van der Waals surface area contributed by atoms with Gasteiger partial charge in [-0.3, -0.25) is 9.79 Å². The van der Waals surface area contributed by atoms with Crippen molar-refractivity contribution in [2.45, 2.75) is 26.2 Å². The molecule has 0 fully saturated rings. The molecule has 1 unspecified atom stereocenters. The molecule has 4 nitrogen and oxygen atoms in total. The Morgan fingerprint density at radius 3 is 2.85 bits per heavy atom. The Balaban J connectivity index is 2.36. The number of carbonyl (C=O) groups excluding carboxylic acids is 1. The van der Waals surface area contributed by atoms with E-state index in [-0.39, 0.29) is 11.9 Å². The fourth-order valence-electron chi connectivity index (χ4n) is 2.28. The zero-order chi connectivity index (χ0) is 14.7. The summed E-state index contributed by atoms with van der Waals surface area (Å²) in [5, 5.41) is 0. The summed E-state index contributed by atoms with van der Waals surface area (Å²) < 4.78 is 10.6. The quantitative estimate of drug-likeness (QED) is 0.778. The summed E-state index contributed by atoms with van der Waals surface area (Å²) in [6.45, 7) is 3.81. The maximum atomic E-state index is 11.6. The van der Waals surface area contributed by atoms with Gasteiger partial charge in [-0.05, 0) is 31.0 Å². The second-order valence-electron chi connectivity index (χ2n) is 4.73. The van der Waals surface area contributed by atoms with Crippen molar-refractivity contribution in [2.75, 3.05) is 14.2 Å². The van der Waals surface area contributed by atoms with E-state index in [1.54, 1.807) is 7.05 Å². The average molecular weight is 273 g/mol. The summed E-state index contributed by atoms with van der Waals surface area (Å²) in [7, 11) is 3.12. The van der Waals surface area contributed by atoms with Crippen LogP contribution in [-0.4, -0.2) is 26.0 Å². The molecule has 1 aromatic rings. The van der Waals surface area contributed by atoms with Crippen molar-refractivity contribution in [1.29, 1.82) is 0 Å². The molecule has 0 spiro atoms. The number of ether oxygens (including phenoxy) is 2. The van der Waals surface area contributed by atoms with Crippen molar-refractivity contribution >= 4 is 11.9 Å². The molecular weight excluding hydrogens is 254 g/mol. The number of hydrogen-bond acceptors (Lipinski definition) is 4. The Morgan fingerprint density at radius 2 is 2.25 bits per heavy atom. The van der Waals surface area contributed by atoms with Crippen molar-refractivity contribution in [1.82, 2.24) is 0 Å². The predicted octanol–water partition coefficient (Wildman–Crippen LogP) is 2.87. The van der Waals surface area contributed by atoms with E-state index in [0.29, 0.717) is 5.90 Å². The van der Waals surface area contributed by atoms with E-state index in [9.17, 15) is 4.79 Å². The maximum Gasteiger partial charge on any atom is 0.312 e. The van der Waals surface area contributed by atoms with E-state index in [1.165, 1.54) is 7.11 Å². The summed E-state index contributed by atoms with van der Waals surface area (Å²) >= 11 is 0. The molecule has 0 aromatic heterocycles. The Labute approximate surface area is 119 Å². The third-order valence-corrected chi connectivity index (χ3v) is 3.55. The molecule has 0 radical (unpaired) electrons. The second-order valence-corrected chi connectivity index (χ2v) is 4.73. The Morgan fingerprint density at radius 1 is 1.50 bits per heavy atom. The van der Waals surface area contributed by atoms with Gasteiger partial charge in [0, 0.05) is 19.0 Å². The van der Waals surface area contributed by atoms with Crippen LogP contribution in [0.15, 0.2) is 34.8 Å². The number of benzene rings is 1. The Hall–Kier alpha value is -2.10. The van der Waals surface area contributed by atoms with Gasteiger partial charge in [0.25, 0.3) is 0 Å². The molecule has 0 saturated heterocycles. The maximum absolute atomic E-state index is 11.6. The van der Waals surface area contributed by atoms with E-state index in [1.807, 2.05) is 38.1 Å². The lowest BCUT2D eigenvalue weighted by Crippen LogP contribution is -2.20. The van der Waals surface area contributed by atoms with Crippen LogP contribution in [0, 0.1) is 0 Å². The molecule has 2 rings (SSSR count). The third-order valence-electron chi connectivity index (χ3n) is 3.55. The molecule has 0 aliphatic carbocycles. The fraction of sp³-hybridized carbons (Fsp3) is 0.375. The van der Waals surface area contributed by atoms with Crippen LogP contribution >= 0.6 is 0 Å². The highest BCUT2D eigenvalue weighted by molar-refractivity contribution is 5.97. The first kappa shape index (κ1) is 14.3. The fourth-order valence-corrected chi connectivity index (χ4v) is 2.28. The second kappa shape index (κ2) is 5.90. The van der Waals surface area contributed by atoms with Crippen LogP contribution in [0.3, 0.4) is 0 Å². The van der Waals surface area contributed by atoms with Gasteiger partial charge in [-0.25, -0.2) is 0 Å². The van der Waals surface area contributed by atoms with E-state index in [2.05, 4.69) is 4.99 Å². The molecule has 1 aliphatic rings. The summed E-state index contributed by atoms with van der Waals surface area (Å²) in [5.74, 6) is 0.954. The minimum atomic E-state index is -0.277. The van der Waals surface area contributed by atoms with E-state index in [4.69, 9.17) is 9.47 Å². The van der Waals surface area contributed by atoms with Gasteiger partial charge < -0.3 is 9.47 Å². The molecule has 0 amide bonds. The molecule has 20 heavy (non-hydrogen) atoms. The van der Waals surface area contributed by atoms with Gasteiger partial charge in [0.2, 0.25) is 5.90 Å². The predicted molar refractivity (Wildman–Crippen MR) is 78.3 cm³/mol. The first-order valence-corrected chi connectivity index (χ1v) is 6.61. The van der Waals surface area contributed by atoms with Crippen molar-refractivity contribution < 1.29 is 14.3 Å². The number of aliphatic imine (C=N–C) groups is 1. The molecule has 1 aliphatic heterocycles. The highest BCUT2D eigenvalue weighted by atomic mass is 16.5. The molecule has 1 heterocycles. The third kappa shape index (κ3) is 2.59. The molecule has 0 saturated carbocycles. The van der Waals surface area contributed by atoms with Crippen molar-refractivity contribution in [3.63, 3.8) is 0 Å². The lowest BCUT2D eigenvalue weighted by Gasteiger charge is -2.22. The van der Waals surface area contributed by atoms with Crippen LogP contribution in [0.4, 0.5) is 0 Å². The van der Waals surface area contributed by atoms with Crippen LogP contribution in [0.2, 0.25) is 0 Å². The number of rotatable bonds is 2. The molecular formula is C16H19NO3. The van der Waals surface area contributed by atoms with Gasteiger partial charge in [0.1, 0.15) is 5.75 Å². The lowest BCUT2D eigenvalue weighted by molar-refractivity contribution is -0.141. The Bertz CT molecular complexity index is 587. The minimum absolute atomic E-state index is 0.233. The highest BCUT2D eigenvalue weighted by Crippen LogP contribution is 2.31. The van der Waals surface area contributed by atoms with Crippen LogP contribution in [-0.2, 0) is 16.0 Å². The zero-order valence-electron chi connectivity index (χ0n) is 12.3. The van der Waals surface area contributed by atoms with E-state index >= 15 is 0 Å². The molecule has 1 aromatic carbocycles. The summed E-state index contributed by atoms with van der Waals surface area (Å²) in [6, 6.07) is 5.79. The SMILES string of the molecule is C/C=C1/Cc2cc(C(C)C(=O)OC)ccc2O/C1=N/C. The highest BCUT2D eigenvalue weighted by Gasteiger charge is 2.22. The summed E-state index contributed by atoms with van der Waals surface area (Å²) in [4.78, 5) is 15.8. The van der Waals surface area contributed by atoms with Crippen molar-refractivity contribution in [3.8, 4) is 5.75 Å². The number of esters is 1. The smallest absolute Gasteiger partial charge is 0.312 e. The van der Waals surface area contributed by atoms with Gasteiger partial charge in [-0.1, -0.05) is 18.2 Å².